The predicted octanol–water partition coefficient (Wildman–Crippen LogP) is 6.16. The van der Waals surface area contributed by atoms with Gasteiger partial charge >= 0.3 is 24.3 Å². The molecule has 2 saturated heterocycles. The van der Waals surface area contributed by atoms with Gasteiger partial charge in [-0.25, -0.2) is 19.6 Å². The van der Waals surface area contributed by atoms with Crippen molar-refractivity contribution >= 4 is 28.8 Å². The van der Waals surface area contributed by atoms with Gasteiger partial charge in [0, 0.05) is 30.7 Å². The SMILES string of the molecule is Cc1ccc(CN2CCC(c3cc4c(ncn4C(C)C)c(N4CCCC4)n3)CC2)o1.O=C(O)C(F)(F)F.O=C(O)C(F)(F)F. The van der Waals surface area contributed by atoms with Crippen molar-refractivity contribution in [3.63, 3.8) is 0 Å². The van der Waals surface area contributed by atoms with Crippen LogP contribution >= 0.6 is 0 Å². The number of likely N-dealkylation sites (tertiary alicyclic amines) is 1. The van der Waals surface area contributed by atoms with Crippen molar-refractivity contribution in [1.29, 1.82) is 0 Å². The molecular weight excluding hydrogens is 600 g/mol. The van der Waals surface area contributed by atoms with Gasteiger partial charge < -0.3 is 24.1 Å². The van der Waals surface area contributed by atoms with Crippen LogP contribution in [0.25, 0.3) is 11.0 Å². The summed E-state index contributed by atoms with van der Waals surface area (Å²) in [5, 5.41) is 14.2. The average Bonchev–Trinajstić information content (AvgIpc) is 3.70. The van der Waals surface area contributed by atoms with Crippen LogP contribution in [0.3, 0.4) is 0 Å². The van der Waals surface area contributed by atoms with Crippen molar-refractivity contribution in [2.45, 2.75) is 77.3 Å². The number of hydrogen-bond acceptors (Lipinski definition) is 7. The van der Waals surface area contributed by atoms with Crippen LogP contribution in [0.1, 0.15) is 68.7 Å². The molecule has 3 aromatic rings. The molecule has 16 heteroatoms. The number of aliphatic carboxylic acids is 2. The van der Waals surface area contributed by atoms with Gasteiger partial charge in [-0.3, -0.25) is 4.90 Å². The molecule has 2 fully saturated rings. The molecule has 0 aliphatic carbocycles. The zero-order chi connectivity index (χ0) is 32.8. The Kier molecular flexibility index (Phi) is 11.3. The lowest BCUT2D eigenvalue weighted by Gasteiger charge is -2.31. The van der Waals surface area contributed by atoms with E-state index in [2.05, 4.69) is 46.4 Å². The van der Waals surface area contributed by atoms with E-state index in [0.29, 0.717) is 12.0 Å². The summed E-state index contributed by atoms with van der Waals surface area (Å²) in [7, 11) is 0. The first-order valence-corrected chi connectivity index (χ1v) is 14.0. The zero-order valence-corrected chi connectivity index (χ0v) is 24.5. The van der Waals surface area contributed by atoms with Gasteiger partial charge in [-0.15, -0.1) is 0 Å². The number of nitrogens with zero attached hydrogens (tertiary/aromatic N) is 5. The lowest BCUT2D eigenvalue weighted by atomic mass is 9.92. The third-order valence-electron chi connectivity index (χ3n) is 7.19. The summed E-state index contributed by atoms with van der Waals surface area (Å²) < 4.78 is 71.5. The number of halogens is 6. The molecule has 44 heavy (non-hydrogen) atoms. The summed E-state index contributed by atoms with van der Waals surface area (Å²) in [5.41, 5.74) is 3.56. The van der Waals surface area contributed by atoms with Crippen LogP contribution in [0, 0.1) is 6.92 Å². The van der Waals surface area contributed by atoms with E-state index in [4.69, 9.17) is 34.2 Å². The van der Waals surface area contributed by atoms with Gasteiger partial charge in [0.25, 0.3) is 0 Å². The molecule has 2 aliphatic heterocycles. The van der Waals surface area contributed by atoms with Crippen LogP contribution in [0.4, 0.5) is 32.2 Å². The van der Waals surface area contributed by atoms with E-state index in [1.54, 1.807) is 0 Å². The first kappa shape index (κ1) is 34.7. The quantitative estimate of drug-likeness (QED) is 0.317. The third kappa shape index (κ3) is 9.34. The molecule has 0 spiro atoms. The summed E-state index contributed by atoms with van der Waals surface area (Å²) >= 11 is 0. The normalized spacial score (nSPS) is 16.5. The number of hydrogen-bond donors (Lipinski definition) is 2. The van der Waals surface area contributed by atoms with E-state index in [0.717, 1.165) is 68.4 Å². The number of carboxylic acid groups (broad SMARTS) is 2. The van der Waals surface area contributed by atoms with Crippen molar-refractivity contribution < 1.29 is 50.6 Å². The number of aryl methyl sites for hydroxylation is 1. The van der Waals surface area contributed by atoms with Gasteiger partial charge in [-0.05, 0) is 77.7 Å². The van der Waals surface area contributed by atoms with E-state index in [9.17, 15) is 26.3 Å². The average molecular weight is 636 g/mol. The number of anilines is 1. The third-order valence-corrected chi connectivity index (χ3v) is 7.19. The molecule has 0 unspecified atom stereocenters. The Morgan fingerprint density at radius 1 is 0.977 bits per heavy atom. The maximum absolute atomic E-state index is 10.6. The van der Waals surface area contributed by atoms with E-state index in [1.807, 2.05) is 13.3 Å². The lowest BCUT2D eigenvalue weighted by Crippen LogP contribution is -2.32. The fourth-order valence-corrected chi connectivity index (χ4v) is 4.98. The van der Waals surface area contributed by atoms with Crippen LogP contribution in [-0.4, -0.2) is 80.1 Å². The van der Waals surface area contributed by atoms with Crippen molar-refractivity contribution in [2.24, 2.45) is 0 Å². The topological polar surface area (TPSA) is 125 Å². The van der Waals surface area contributed by atoms with Gasteiger partial charge in [0.15, 0.2) is 5.82 Å². The highest BCUT2D eigenvalue weighted by atomic mass is 19.4. The Morgan fingerprint density at radius 2 is 1.52 bits per heavy atom. The smallest absolute Gasteiger partial charge is 0.475 e. The Labute approximate surface area is 249 Å². The van der Waals surface area contributed by atoms with Crippen molar-refractivity contribution in [1.82, 2.24) is 19.4 Å². The Bertz CT molecular complexity index is 1380. The standard InChI is InChI=1S/C24H33N5O.2C2HF3O2/c1-17(2)29-16-25-23-22(29)14-21(26-24(23)28-10-4-5-11-28)19-8-12-27(13-9-19)15-20-7-6-18(3)30-20;2*3-2(4,5)1(6)7/h6-7,14,16-17,19H,4-5,8-13,15H2,1-3H3;2*(H,6,7). The van der Waals surface area contributed by atoms with E-state index in [1.165, 1.54) is 24.1 Å². The van der Waals surface area contributed by atoms with Crippen LogP contribution in [0.5, 0.6) is 0 Å². The van der Waals surface area contributed by atoms with Gasteiger partial charge in [0.2, 0.25) is 0 Å². The van der Waals surface area contributed by atoms with Crippen LogP contribution < -0.4 is 4.90 Å². The van der Waals surface area contributed by atoms with Crippen LogP contribution in [-0.2, 0) is 16.1 Å². The number of piperidine rings is 1. The number of carboxylic acids is 2. The molecular formula is C28H35F6N5O5. The molecule has 10 nitrogen and oxygen atoms in total. The van der Waals surface area contributed by atoms with Gasteiger partial charge in [-0.1, -0.05) is 0 Å². The lowest BCUT2D eigenvalue weighted by molar-refractivity contribution is -0.193. The minimum Gasteiger partial charge on any atom is -0.475 e. The second kappa shape index (κ2) is 14.3. The Balaban J connectivity index is 0.000000317. The highest BCUT2D eigenvalue weighted by Gasteiger charge is 2.39. The fourth-order valence-electron chi connectivity index (χ4n) is 4.98. The molecule has 0 bridgehead atoms. The summed E-state index contributed by atoms with van der Waals surface area (Å²) in [6, 6.07) is 6.87. The van der Waals surface area contributed by atoms with Gasteiger partial charge in [0.05, 0.1) is 18.4 Å². The molecule has 0 atom stereocenters. The molecule has 244 valence electrons. The van der Waals surface area contributed by atoms with Crippen molar-refractivity contribution in [3.05, 3.63) is 41.7 Å². The number of imidazole rings is 1. The number of pyridine rings is 1. The summed E-state index contributed by atoms with van der Waals surface area (Å²) in [6.07, 6.45) is -3.37. The molecule has 0 amide bonds. The first-order chi connectivity index (χ1) is 20.5. The Morgan fingerprint density at radius 3 is 1.98 bits per heavy atom. The van der Waals surface area contributed by atoms with E-state index in [-0.39, 0.29) is 0 Å². The number of carbonyl (C=O) groups is 2. The van der Waals surface area contributed by atoms with E-state index < -0.39 is 24.3 Å². The number of rotatable bonds is 5. The van der Waals surface area contributed by atoms with Crippen LogP contribution in [0.2, 0.25) is 0 Å². The molecule has 2 N–H and O–H groups in total. The van der Waals surface area contributed by atoms with Crippen LogP contribution in [0.15, 0.2) is 28.9 Å². The monoisotopic (exact) mass is 635 g/mol. The fraction of sp³-hybridized carbons (Fsp3) is 0.571. The van der Waals surface area contributed by atoms with Gasteiger partial charge in [-0.2, -0.15) is 26.3 Å². The molecule has 3 aromatic heterocycles. The molecule has 5 heterocycles. The number of fused-ring (bicyclic) bond motifs is 1. The second-order valence-corrected chi connectivity index (χ2v) is 10.8. The molecule has 5 rings (SSSR count). The van der Waals surface area contributed by atoms with E-state index >= 15 is 0 Å². The summed E-state index contributed by atoms with van der Waals surface area (Å²) in [4.78, 5) is 32.7. The zero-order valence-electron chi connectivity index (χ0n) is 24.5. The Hall–Kier alpha value is -3.82. The first-order valence-electron chi connectivity index (χ1n) is 14.0. The van der Waals surface area contributed by atoms with Crippen molar-refractivity contribution in [3.8, 4) is 0 Å². The highest BCUT2D eigenvalue weighted by Crippen LogP contribution is 2.34. The predicted molar refractivity (Wildman–Crippen MR) is 147 cm³/mol. The highest BCUT2D eigenvalue weighted by molar-refractivity contribution is 5.87. The number of alkyl halides is 6. The minimum atomic E-state index is -5.08. The van der Waals surface area contributed by atoms with Crippen molar-refractivity contribution in [2.75, 3.05) is 31.1 Å². The summed E-state index contributed by atoms with van der Waals surface area (Å²) in [5.74, 6) is -1.83. The molecule has 0 saturated carbocycles. The minimum absolute atomic E-state index is 0.398. The second-order valence-electron chi connectivity index (χ2n) is 10.8. The largest absolute Gasteiger partial charge is 0.490 e. The number of aromatic nitrogens is 3. The maximum atomic E-state index is 10.6. The number of furan rings is 1. The maximum Gasteiger partial charge on any atom is 0.490 e. The summed E-state index contributed by atoms with van der Waals surface area (Å²) in [6.45, 7) is 11.8. The molecule has 0 aromatic carbocycles. The van der Waals surface area contributed by atoms with Gasteiger partial charge in [0.1, 0.15) is 17.0 Å². The molecule has 2 aliphatic rings. The molecule has 0 radical (unpaired) electrons.